The van der Waals surface area contributed by atoms with E-state index in [2.05, 4.69) is 9.50 Å². The fourth-order valence-corrected chi connectivity index (χ4v) is 4.18. The second-order valence-electron chi connectivity index (χ2n) is 6.95. The summed E-state index contributed by atoms with van der Waals surface area (Å²) in [6.07, 6.45) is 0. The van der Waals surface area contributed by atoms with E-state index in [9.17, 15) is 13.2 Å². The summed E-state index contributed by atoms with van der Waals surface area (Å²) in [4.78, 5) is 11.1. The van der Waals surface area contributed by atoms with Crippen LogP contribution in [-0.2, 0) is 15.0 Å². The quantitative estimate of drug-likeness (QED) is 0.470. The van der Waals surface area contributed by atoms with E-state index in [1.165, 1.54) is 12.1 Å². The zero-order valence-corrected chi connectivity index (χ0v) is 18.4. The number of nitrogens with zero attached hydrogens (tertiary/aromatic N) is 4. The normalized spacial score (nSPS) is 17.2. The Morgan fingerprint density at radius 2 is 1.87 bits per heavy atom. The molecule has 1 aliphatic heterocycles. The van der Waals surface area contributed by atoms with Crippen LogP contribution in [0, 0.1) is 0 Å². The van der Waals surface area contributed by atoms with Gasteiger partial charge in [0.25, 0.3) is 0 Å². The highest BCUT2D eigenvalue weighted by Crippen LogP contribution is 2.29. The highest BCUT2D eigenvalue weighted by atomic mass is 35.5. The van der Waals surface area contributed by atoms with E-state index < -0.39 is 22.7 Å². The molecular formula is C20H23ClN6O3S. The number of hydrogen-bond donors (Lipinski definition) is 2. The van der Waals surface area contributed by atoms with Gasteiger partial charge in [0.15, 0.2) is 5.84 Å². The molecule has 1 unspecified atom stereocenters. The molecule has 1 atom stereocenters. The fourth-order valence-electron chi connectivity index (χ4n) is 3.18. The van der Waals surface area contributed by atoms with Crippen molar-refractivity contribution >= 4 is 39.3 Å². The standard InChI is InChI=1S/C20H23ClN6O3S/c1-26(13-18(23)28)31(29,30)25-19(11-22)27-12-17(14-5-3-2-4-6-14)20(24-27)15-7-9-16(21)10-8-15/h2-10,17H,11-13,22H2,1H3,(H2,23,28)/b25-19+. The van der Waals surface area contributed by atoms with Crippen LogP contribution in [-0.4, -0.2) is 61.9 Å². The Labute approximate surface area is 186 Å². The number of carbonyl (C=O) groups is 1. The number of hydrogen-bond acceptors (Lipinski definition) is 5. The van der Waals surface area contributed by atoms with E-state index in [4.69, 9.17) is 23.1 Å². The number of benzene rings is 2. The summed E-state index contributed by atoms with van der Waals surface area (Å²) in [6.45, 7) is -0.300. The molecule has 1 amide bonds. The molecule has 1 aliphatic rings. The van der Waals surface area contributed by atoms with Gasteiger partial charge in [0, 0.05) is 18.0 Å². The molecule has 2 aromatic carbocycles. The van der Waals surface area contributed by atoms with Crippen molar-refractivity contribution in [3.8, 4) is 0 Å². The summed E-state index contributed by atoms with van der Waals surface area (Å²) >= 11 is 6.02. The summed E-state index contributed by atoms with van der Waals surface area (Å²) in [5.74, 6) is -0.865. The van der Waals surface area contributed by atoms with Gasteiger partial charge in [-0.25, -0.2) is 5.01 Å². The Balaban J connectivity index is 2.00. The molecule has 11 heteroatoms. The smallest absolute Gasteiger partial charge is 0.324 e. The Bertz CT molecular complexity index is 1100. The lowest BCUT2D eigenvalue weighted by atomic mass is 9.91. The van der Waals surface area contributed by atoms with Gasteiger partial charge in [-0.05, 0) is 23.3 Å². The largest absolute Gasteiger partial charge is 0.369 e. The predicted octanol–water partition coefficient (Wildman–Crippen LogP) is 1.16. The molecule has 164 valence electrons. The van der Waals surface area contributed by atoms with Crippen LogP contribution in [0.3, 0.4) is 0 Å². The second kappa shape index (κ2) is 9.56. The first-order chi connectivity index (χ1) is 14.7. The number of primary amides is 1. The second-order valence-corrected chi connectivity index (χ2v) is 9.09. The van der Waals surface area contributed by atoms with Crippen LogP contribution in [0.2, 0.25) is 5.02 Å². The molecule has 0 aromatic heterocycles. The average Bonchev–Trinajstić information content (AvgIpc) is 3.18. The third-order valence-electron chi connectivity index (χ3n) is 4.73. The zero-order chi connectivity index (χ0) is 22.6. The van der Waals surface area contributed by atoms with Crippen LogP contribution in [0.4, 0.5) is 0 Å². The van der Waals surface area contributed by atoms with Crippen LogP contribution >= 0.6 is 11.6 Å². The van der Waals surface area contributed by atoms with Crippen molar-refractivity contribution in [1.29, 1.82) is 0 Å². The molecule has 2 aromatic rings. The lowest BCUT2D eigenvalue weighted by Gasteiger charge is -2.19. The highest BCUT2D eigenvalue weighted by molar-refractivity contribution is 7.87. The summed E-state index contributed by atoms with van der Waals surface area (Å²) in [7, 11) is -2.94. The molecule has 0 aliphatic carbocycles. The Kier molecular flexibility index (Phi) is 7.06. The number of amides is 1. The van der Waals surface area contributed by atoms with Gasteiger partial charge in [0.2, 0.25) is 5.91 Å². The van der Waals surface area contributed by atoms with Crippen LogP contribution in [0.1, 0.15) is 17.0 Å². The Hall–Kier alpha value is -2.79. The molecule has 3 rings (SSSR count). The van der Waals surface area contributed by atoms with Gasteiger partial charge in [0.1, 0.15) is 0 Å². The number of carbonyl (C=O) groups excluding carboxylic acids is 1. The molecule has 0 saturated carbocycles. The van der Waals surface area contributed by atoms with Gasteiger partial charge >= 0.3 is 10.2 Å². The van der Waals surface area contributed by atoms with E-state index in [-0.39, 0.29) is 18.3 Å². The van der Waals surface area contributed by atoms with Crippen molar-refractivity contribution < 1.29 is 13.2 Å². The summed E-state index contributed by atoms with van der Waals surface area (Å²) in [5, 5.41) is 6.73. The monoisotopic (exact) mass is 462 g/mol. The predicted molar refractivity (Wildman–Crippen MR) is 121 cm³/mol. The third-order valence-corrected chi connectivity index (χ3v) is 6.34. The van der Waals surface area contributed by atoms with Crippen molar-refractivity contribution in [2.45, 2.75) is 5.92 Å². The molecule has 0 bridgehead atoms. The van der Waals surface area contributed by atoms with Crippen molar-refractivity contribution in [2.24, 2.45) is 21.0 Å². The lowest BCUT2D eigenvalue weighted by Crippen LogP contribution is -2.38. The maximum absolute atomic E-state index is 12.5. The van der Waals surface area contributed by atoms with Crippen molar-refractivity contribution in [1.82, 2.24) is 9.31 Å². The summed E-state index contributed by atoms with van der Waals surface area (Å²) < 4.78 is 29.6. The van der Waals surface area contributed by atoms with Gasteiger partial charge in [-0.1, -0.05) is 54.1 Å². The van der Waals surface area contributed by atoms with Crippen LogP contribution < -0.4 is 11.5 Å². The molecule has 0 fully saturated rings. The summed E-state index contributed by atoms with van der Waals surface area (Å²) in [5.41, 5.74) is 13.5. The zero-order valence-electron chi connectivity index (χ0n) is 16.8. The Morgan fingerprint density at radius 3 is 2.45 bits per heavy atom. The highest BCUT2D eigenvalue weighted by Gasteiger charge is 2.32. The lowest BCUT2D eigenvalue weighted by molar-refractivity contribution is -0.118. The molecule has 0 saturated heterocycles. The molecule has 9 nitrogen and oxygen atoms in total. The van der Waals surface area contributed by atoms with Crippen LogP contribution in [0.25, 0.3) is 0 Å². The first-order valence-corrected chi connectivity index (χ1v) is 11.2. The van der Waals surface area contributed by atoms with Gasteiger partial charge < -0.3 is 11.5 Å². The fraction of sp³-hybridized carbons (Fsp3) is 0.250. The minimum absolute atomic E-state index is 0.0567. The molecule has 31 heavy (non-hydrogen) atoms. The van der Waals surface area contributed by atoms with E-state index in [1.807, 2.05) is 42.5 Å². The van der Waals surface area contributed by atoms with Crippen molar-refractivity contribution in [3.63, 3.8) is 0 Å². The SMILES string of the molecule is CN(CC(N)=O)S(=O)(=O)/N=C(\CN)N1CC(c2ccccc2)C(c2ccc(Cl)cc2)=N1. The topological polar surface area (TPSA) is 134 Å². The minimum atomic E-state index is -4.16. The number of hydrazone groups is 1. The van der Waals surface area contributed by atoms with E-state index in [0.29, 0.717) is 11.6 Å². The minimum Gasteiger partial charge on any atom is -0.369 e. The number of rotatable bonds is 7. The third kappa shape index (κ3) is 5.47. The number of amidine groups is 1. The molecule has 0 radical (unpaired) electrons. The van der Waals surface area contributed by atoms with Gasteiger partial charge in [-0.15, -0.1) is 4.40 Å². The van der Waals surface area contributed by atoms with Crippen LogP contribution in [0.5, 0.6) is 0 Å². The first-order valence-electron chi connectivity index (χ1n) is 9.41. The summed E-state index contributed by atoms with van der Waals surface area (Å²) in [6, 6.07) is 17.0. The Morgan fingerprint density at radius 1 is 1.23 bits per heavy atom. The van der Waals surface area contributed by atoms with Gasteiger partial charge in [0.05, 0.1) is 25.3 Å². The maximum Gasteiger partial charge on any atom is 0.324 e. The van der Waals surface area contributed by atoms with E-state index >= 15 is 0 Å². The van der Waals surface area contributed by atoms with Crippen LogP contribution in [0.15, 0.2) is 64.1 Å². The molecule has 1 heterocycles. The van der Waals surface area contributed by atoms with Gasteiger partial charge in [-0.3, -0.25) is 4.79 Å². The van der Waals surface area contributed by atoms with Gasteiger partial charge in [-0.2, -0.15) is 17.8 Å². The number of nitrogens with two attached hydrogens (primary N) is 2. The molecule has 4 N–H and O–H groups in total. The maximum atomic E-state index is 12.5. The van der Waals surface area contributed by atoms with E-state index in [1.54, 1.807) is 12.1 Å². The molecule has 0 spiro atoms. The van der Waals surface area contributed by atoms with Crippen molar-refractivity contribution in [2.75, 3.05) is 26.7 Å². The average molecular weight is 463 g/mol. The number of halogens is 1. The van der Waals surface area contributed by atoms with E-state index in [0.717, 1.165) is 21.1 Å². The van der Waals surface area contributed by atoms with Crippen molar-refractivity contribution in [3.05, 3.63) is 70.7 Å². The molecular weight excluding hydrogens is 440 g/mol. The first kappa shape index (κ1) is 22.9. The number of likely N-dealkylation sites (N-methyl/N-ethyl adjacent to an activating group) is 1.